The number of carbonyl (C=O) groups is 1. The first-order valence-corrected chi connectivity index (χ1v) is 4.86. The van der Waals surface area contributed by atoms with Crippen LogP contribution in [0.25, 0.3) is 0 Å². The first kappa shape index (κ1) is 9.12. The largest absolute Gasteiger partial charge is 0.310 e. The van der Waals surface area contributed by atoms with E-state index >= 15 is 0 Å². The normalized spacial score (nSPS) is 17.1. The Morgan fingerprint density at radius 2 is 2.14 bits per heavy atom. The van der Waals surface area contributed by atoms with Crippen LogP contribution in [0, 0.1) is 0 Å². The van der Waals surface area contributed by atoms with Gasteiger partial charge in [-0.2, -0.15) is 0 Å². The summed E-state index contributed by atoms with van der Waals surface area (Å²) in [5.74, 6) is 1.01. The van der Waals surface area contributed by atoms with Crippen LogP contribution < -0.4 is 5.56 Å². The van der Waals surface area contributed by atoms with Crippen molar-refractivity contribution in [1.29, 1.82) is 0 Å². The second-order valence-electron chi connectivity index (χ2n) is 3.65. The Balaban J connectivity index is 2.36. The Bertz CT molecular complexity index is 391. The van der Waals surface area contributed by atoms with Crippen LogP contribution in [0.1, 0.15) is 47.9 Å². The van der Waals surface area contributed by atoms with Crippen LogP contribution in [-0.2, 0) is 0 Å². The smallest absolute Gasteiger partial charge is 0.251 e. The van der Waals surface area contributed by atoms with E-state index in [1.54, 1.807) is 0 Å². The van der Waals surface area contributed by atoms with E-state index in [1.807, 2.05) is 0 Å². The van der Waals surface area contributed by atoms with Crippen molar-refractivity contribution in [3.8, 4) is 0 Å². The molecule has 0 aliphatic heterocycles. The molecule has 0 saturated heterocycles. The summed E-state index contributed by atoms with van der Waals surface area (Å²) in [7, 11) is 0. The van der Waals surface area contributed by atoms with Crippen molar-refractivity contribution in [2.24, 2.45) is 0 Å². The van der Waals surface area contributed by atoms with Gasteiger partial charge in [0.1, 0.15) is 11.5 Å². The average molecular weight is 192 g/mol. The number of carbonyl (C=O) groups excluding carboxylic acids is 1. The number of H-pyrrole nitrogens is 1. The van der Waals surface area contributed by atoms with E-state index in [0.29, 0.717) is 18.0 Å². The molecule has 0 aromatic carbocycles. The third kappa shape index (κ3) is 1.73. The molecule has 4 heteroatoms. The Morgan fingerprint density at radius 1 is 1.43 bits per heavy atom. The molecule has 0 atom stereocenters. The molecule has 0 unspecified atom stereocenters. The van der Waals surface area contributed by atoms with E-state index in [9.17, 15) is 9.59 Å². The molecule has 0 bridgehead atoms. The second-order valence-corrected chi connectivity index (χ2v) is 3.65. The molecule has 1 fully saturated rings. The summed E-state index contributed by atoms with van der Waals surface area (Å²) in [4.78, 5) is 28.5. The zero-order valence-corrected chi connectivity index (χ0v) is 7.82. The molecule has 1 aliphatic carbocycles. The maximum atomic E-state index is 11.2. The van der Waals surface area contributed by atoms with E-state index in [0.717, 1.165) is 12.8 Å². The highest BCUT2D eigenvalue weighted by molar-refractivity contribution is 5.71. The van der Waals surface area contributed by atoms with Crippen molar-refractivity contribution in [2.45, 2.75) is 31.6 Å². The molecular weight excluding hydrogens is 180 g/mol. The lowest BCUT2D eigenvalue weighted by Gasteiger charge is -2.07. The maximum absolute atomic E-state index is 11.2. The summed E-state index contributed by atoms with van der Waals surface area (Å²) in [6.45, 7) is 0. The van der Waals surface area contributed by atoms with Crippen LogP contribution >= 0.6 is 0 Å². The van der Waals surface area contributed by atoms with Crippen LogP contribution in [0.4, 0.5) is 0 Å². The van der Waals surface area contributed by atoms with Crippen LogP contribution in [0.5, 0.6) is 0 Å². The quantitative estimate of drug-likeness (QED) is 0.717. The van der Waals surface area contributed by atoms with Crippen LogP contribution in [0.3, 0.4) is 0 Å². The summed E-state index contributed by atoms with van der Waals surface area (Å²) in [6, 6.07) is 1.23. The lowest BCUT2D eigenvalue weighted by atomic mass is 10.1. The summed E-state index contributed by atoms with van der Waals surface area (Å²) in [5.41, 5.74) is -0.000324. The Labute approximate surface area is 81.4 Å². The van der Waals surface area contributed by atoms with Gasteiger partial charge in [0.15, 0.2) is 6.29 Å². The first-order chi connectivity index (χ1) is 6.79. The predicted molar refractivity (Wildman–Crippen MR) is 51.5 cm³/mol. The van der Waals surface area contributed by atoms with Crippen molar-refractivity contribution in [2.75, 3.05) is 0 Å². The van der Waals surface area contributed by atoms with E-state index in [1.165, 1.54) is 18.9 Å². The fraction of sp³-hybridized carbons (Fsp3) is 0.500. The number of nitrogens with one attached hydrogen (secondary N) is 1. The van der Waals surface area contributed by atoms with Gasteiger partial charge in [0.2, 0.25) is 0 Å². The van der Waals surface area contributed by atoms with Crippen LogP contribution in [0.15, 0.2) is 10.9 Å². The highest BCUT2D eigenvalue weighted by Crippen LogP contribution is 2.31. The van der Waals surface area contributed by atoms with Gasteiger partial charge in [-0.1, -0.05) is 12.8 Å². The number of rotatable bonds is 2. The van der Waals surface area contributed by atoms with Gasteiger partial charge in [0, 0.05) is 12.0 Å². The highest BCUT2D eigenvalue weighted by atomic mass is 16.1. The maximum Gasteiger partial charge on any atom is 0.251 e. The number of aldehydes is 1. The van der Waals surface area contributed by atoms with Crippen LogP contribution in [-0.4, -0.2) is 16.3 Å². The van der Waals surface area contributed by atoms with Gasteiger partial charge in [-0.3, -0.25) is 9.59 Å². The summed E-state index contributed by atoms with van der Waals surface area (Å²) in [5, 5.41) is 0. The van der Waals surface area contributed by atoms with Crippen molar-refractivity contribution in [3.63, 3.8) is 0 Å². The van der Waals surface area contributed by atoms with E-state index in [4.69, 9.17) is 0 Å². The Morgan fingerprint density at radius 3 is 2.79 bits per heavy atom. The van der Waals surface area contributed by atoms with Crippen LogP contribution in [0.2, 0.25) is 0 Å². The molecule has 1 aromatic heterocycles. The Kier molecular flexibility index (Phi) is 2.43. The minimum atomic E-state index is -0.232. The van der Waals surface area contributed by atoms with Gasteiger partial charge in [-0.05, 0) is 12.8 Å². The molecule has 2 rings (SSSR count). The molecule has 14 heavy (non-hydrogen) atoms. The fourth-order valence-electron chi connectivity index (χ4n) is 1.95. The number of aromatic nitrogens is 2. The summed E-state index contributed by atoms with van der Waals surface area (Å²) in [6.07, 6.45) is 5.10. The topological polar surface area (TPSA) is 62.8 Å². The number of hydrogen-bond donors (Lipinski definition) is 1. The third-order valence-electron chi connectivity index (χ3n) is 2.64. The van der Waals surface area contributed by atoms with Gasteiger partial charge in [-0.15, -0.1) is 0 Å². The molecule has 1 aliphatic rings. The van der Waals surface area contributed by atoms with Crippen molar-refractivity contribution in [3.05, 3.63) is 27.9 Å². The van der Waals surface area contributed by atoms with Crippen molar-refractivity contribution >= 4 is 6.29 Å². The molecule has 0 spiro atoms. The summed E-state index contributed by atoms with van der Waals surface area (Å²) < 4.78 is 0. The van der Waals surface area contributed by atoms with Gasteiger partial charge >= 0.3 is 0 Å². The van der Waals surface area contributed by atoms with Gasteiger partial charge in [-0.25, -0.2) is 4.98 Å². The predicted octanol–water partition coefficient (Wildman–Crippen LogP) is 1.24. The molecule has 1 aromatic rings. The molecule has 0 radical (unpaired) electrons. The minimum absolute atomic E-state index is 0.232. The minimum Gasteiger partial charge on any atom is -0.310 e. The highest BCUT2D eigenvalue weighted by Gasteiger charge is 2.19. The standard InChI is InChI=1S/C10H12N2O2/c13-6-8-5-9(14)12-10(11-8)7-3-1-2-4-7/h5-7H,1-4H2,(H,11,12,14). The lowest BCUT2D eigenvalue weighted by molar-refractivity contribution is 0.111. The number of aromatic amines is 1. The molecule has 1 saturated carbocycles. The van der Waals surface area contributed by atoms with E-state index in [2.05, 4.69) is 9.97 Å². The van der Waals surface area contributed by atoms with E-state index in [-0.39, 0.29) is 11.3 Å². The summed E-state index contributed by atoms with van der Waals surface area (Å²) >= 11 is 0. The monoisotopic (exact) mass is 192 g/mol. The molecule has 0 amide bonds. The third-order valence-corrected chi connectivity index (χ3v) is 2.64. The fourth-order valence-corrected chi connectivity index (χ4v) is 1.95. The van der Waals surface area contributed by atoms with Gasteiger partial charge in [0.25, 0.3) is 5.56 Å². The Hall–Kier alpha value is -1.45. The molecule has 1 N–H and O–H groups in total. The van der Waals surface area contributed by atoms with Crippen molar-refractivity contribution in [1.82, 2.24) is 9.97 Å². The molecule has 74 valence electrons. The number of nitrogens with zero attached hydrogens (tertiary/aromatic N) is 1. The zero-order valence-electron chi connectivity index (χ0n) is 7.82. The van der Waals surface area contributed by atoms with Gasteiger partial charge in [0.05, 0.1) is 0 Å². The molecule has 1 heterocycles. The average Bonchev–Trinajstić information content (AvgIpc) is 2.69. The van der Waals surface area contributed by atoms with Gasteiger partial charge < -0.3 is 4.98 Å². The SMILES string of the molecule is O=Cc1cc(=O)[nH]c(C2CCCC2)n1. The molecule has 4 nitrogen and oxygen atoms in total. The second kappa shape index (κ2) is 3.74. The molecular formula is C10H12N2O2. The van der Waals surface area contributed by atoms with E-state index < -0.39 is 0 Å². The van der Waals surface area contributed by atoms with Crippen molar-refractivity contribution < 1.29 is 4.79 Å². The first-order valence-electron chi connectivity index (χ1n) is 4.86. The zero-order chi connectivity index (χ0) is 9.97. The number of hydrogen-bond acceptors (Lipinski definition) is 3. The lowest BCUT2D eigenvalue weighted by Crippen LogP contribution is -2.14.